The lowest BCUT2D eigenvalue weighted by molar-refractivity contribution is -0.131. The van der Waals surface area contributed by atoms with Gasteiger partial charge in [-0.25, -0.2) is 18.0 Å². The first-order chi connectivity index (χ1) is 9.95. The summed E-state index contributed by atoms with van der Waals surface area (Å²) in [5.41, 5.74) is 0.293. The third-order valence-electron chi connectivity index (χ3n) is 2.49. The predicted molar refractivity (Wildman–Crippen MR) is 69.5 cm³/mol. The van der Waals surface area contributed by atoms with E-state index in [0.29, 0.717) is 5.56 Å². The molecule has 0 aliphatic carbocycles. The molecule has 6 heteroatoms. The van der Waals surface area contributed by atoms with E-state index in [1.807, 2.05) is 0 Å². The van der Waals surface area contributed by atoms with Crippen molar-refractivity contribution in [1.29, 1.82) is 0 Å². The van der Waals surface area contributed by atoms with Crippen LogP contribution in [0.3, 0.4) is 0 Å². The molecule has 0 aliphatic heterocycles. The van der Waals surface area contributed by atoms with Crippen LogP contribution in [0, 0.1) is 17.5 Å². The molecule has 0 radical (unpaired) electrons. The van der Waals surface area contributed by atoms with E-state index in [0.717, 1.165) is 30.3 Å². The average Bonchev–Trinajstić information content (AvgIpc) is 2.43. The minimum Gasteiger partial charge on any atom is -0.478 e. The highest BCUT2D eigenvalue weighted by Gasteiger charge is 2.10. The van der Waals surface area contributed by atoms with E-state index in [9.17, 15) is 18.0 Å². The number of halogens is 3. The second-order valence-corrected chi connectivity index (χ2v) is 4.04. The predicted octanol–water partition coefficient (Wildman–Crippen LogP) is 3.99. The first-order valence-corrected chi connectivity index (χ1v) is 5.79. The molecule has 21 heavy (non-hydrogen) atoms. The van der Waals surface area contributed by atoms with Gasteiger partial charge in [-0.2, -0.15) is 0 Å². The Kier molecular flexibility index (Phi) is 4.27. The molecule has 0 aliphatic rings. The van der Waals surface area contributed by atoms with Crippen molar-refractivity contribution in [2.24, 2.45) is 0 Å². The van der Waals surface area contributed by atoms with E-state index in [-0.39, 0.29) is 5.75 Å². The monoisotopic (exact) mass is 294 g/mol. The van der Waals surface area contributed by atoms with Crippen molar-refractivity contribution in [3.8, 4) is 11.5 Å². The number of ether oxygens (including phenoxy) is 1. The maximum absolute atomic E-state index is 13.8. The lowest BCUT2D eigenvalue weighted by Crippen LogP contribution is -1.93. The molecule has 0 heterocycles. The Morgan fingerprint density at radius 2 is 1.76 bits per heavy atom. The summed E-state index contributed by atoms with van der Waals surface area (Å²) in [6.45, 7) is 0. The van der Waals surface area contributed by atoms with Gasteiger partial charge in [-0.3, -0.25) is 0 Å². The molecular weight excluding hydrogens is 285 g/mol. The summed E-state index contributed by atoms with van der Waals surface area (Å²) >= 11 is 0. The quantitative estimate of drug-likeness (QED) is 0.867. The Morgan fingerprint density at radius 3 is 2.43 bits per heavy atom. The van der Waals surface area contributed by atoms with E-state index >= 15 is 0 Å². The molecule has 1 N–H and O–H groups in total. The van der Waals surface area contributed by atoms with E-state index in [2.05, 4.69) is 0 Å². The number of hydrogen-bond acceptors (Lipinski definition) is 2. The molecule has 108 valence electrons. The molecule has 2 aromatic rings. The van der Waals surface area contributed by atoms with Crippen molar-refractivity contribution in [3.05, 3.63) is 65.5 Å². The molecule has 3 nitrogen and oxygen atoms in total. The van der Waals surface area contributed by atoms with Crippen LogP contribution in [-0.2, 0) is 4.79 Å². The molecule has 0 atom stereocenters. The summed E-state index contributed by atoms with van der Waals surface area (Å²) in [6, 6.07) is 6.18. The maximum Gasteiger partial charge on any atom is 0.328 e. The zero-order valence-electron chi connectivity index (χ0n) is 10.5. The van der Waals surface area contributed by atoms with Gasteiger partial charge < -0.3 is 9.84 Å². The van der Waals surface area contributed by atoms with E-state index < -0.39 is 29.2 Å². The van der Waals surface area contributed by atoms with Crippen LogP contribution in [-0.4, -0.2) is 11.1 Å². The van der Waals surface area contributed by atoms with Gasteiger partial charge in [0.1, 0.15) is 5.82 Å². The van der Waals surface area contributed by atoms with Crippen LogP contribution in [0.5, 0.6) is 11.5 Å². The highest BCUT2D eigenvalue weighted by atomic mass is 19.1. The number of benzene rings is 2. The van der Waals surface area contributed by atoms with Gasteiger partial charge in [0, 0.05) is 12.1 Å². The van der Waals surface area contributed by atoms with Crippen LogP contribution in [0.2, 0.25) is 0 Å². The van der Waals surface area contributed by atoms with Gasteiger partial charge in [-0.05, 0) is 35.9 Å². The molecule has 0 saturated heterocycles. The molecule has 0 amide bonds. The van der Waals surface area contributed by atoms with Gasteiger partial charge in [0.15, 0.2) is 23.1 Å². The van der Waals surface area contributed by atoms with Crippen LogP contribution in [0.15, 0.2) is 42.5 Å². The number of carbonyl (C=O) groups is 1. The van der Waals surface area contributed by atoms with Crippen LogP contribution in [0.1, 0.15) is 5.56 Å². The van der Waals surface area contributed by atoms with Gasteiger partial charge in [0.05, 0.1) is 0 Å². The average molecular weight is 294 g/mol. The Bertz CT molecular complexity index is 711. The van der Waals surface area contributed by atoms with Crippen molar-refractivity contribution in [2.75, 3.05) is 0 Å². The Labute approximate surface area is 117 Å². The minimum absolute atomic E-state index is 0.293. The van der Waals surface area contributed by atoms with Gasteiger partial charge in [-0.1, -0.05) is 6.07 Å². The normalized spacial score (nSPS) is 10.8. The van der Waals surface area contributed by atoms with Gasteiger partial charge in [0.2, 0.25) is 0 Å². The lowest BCUT2D eigenvalue weighted by atomic mass is 10.2. The van der Waals surface area contributed by atoms with E-state index in [1.165, 1.54) is 18.2 Å². The summed E-state index contributed by atoms with van der Waals surface area (Å²) in [5.74, 6) is -4.28. The van der Waals surface area contributed by atoms with Crippen molar-refractivity contribution in [3.63, 3.8) is 0 Å². The van der Waals surface area contributed by atoms with Crippen molar-refractivity contribution >= 4 is 12.0 Å². The van der Waals surface area contributed by atoms with E-state index in [1.54, 1.807) is 0 Å². The number of hydrogen-bond donors (Lipinski definition) is 1. The molecular formula is C15H9F3O3. The third-order valence-corrected chi connectivity index (χ3v) is 2.49. The number of aliphatic carboxylic acids is 1. The second kappa shape index (κ2) is 6.13. The number of carboxylic acids is 1. The first kappa shape index (κ1) is 14.6. The van der Waals surface area contributed by atoms with Crippen LogP contribution >= 0.6 is 0 Å². The standard InChI is InChI=1S/C15H9F3O3/c16-10-3-4-11(17)14(8-10)21-13-5-1-9(7-12(13)18)2-6-15(19)20/h1-8H,(H,19,20). The molecule has 2 aromatic carbocycles. The summed E-state index contributed by atoms with van der Waals surface area (Å²) in [4.78, 5) is 10.4. The minimum atomic E-state index is -1.17. The van der Waals surface area contributed by atoms with Crippen molar-refractivity contribution in [1.82, 2.24) is 0 Å². The van der Waals surface area contributed by atoms with Crippen molar-refractivity contribution in [2.45, 2.75) is 0 Å². The van der Waals surface area contributed by atoms with Gasteiger partial charge in [-0.15, -0.1) is 0 Å². The summed E-state index contributed by atoms with van der Waals surface area (Å²) in [6.07, 6.45) is 2.04. The molecule has 0 aromatic heterocycles. The maximum atomic E-state index is 13.8. The summed E-state index contributed by atoms with van der Waals surface area (Å²) in [5, 5.41) is 8.47. The number of carboxylic acid groups (broad SMARTS) is 1. The van der Waals surface area contributed by atoms with E-state index in [4.69, 9.17) is 9.84 Å². The van der Waals surface area contributed by atoms with Crippen LogP contribution in [0.4, 0.5) is 13.2 Å². The third kappa shape index (κ3) is 3.85. The molecule has 0 saturated carbocycles. The molecule has 2 rings (SSSR count). The van der Waals surface area contributed by atoms with Crippen LogP contribution in [0.25, 0.3) is 6.08 Å². The highest BCUT2D eigenvalue weighted by Crippen LogP contribution is 2.28. The highest BCUT2D eigenvalue weighted by molar-refractivity contribution is 5.85. The Morgan fingerprint density at radius 1 is 1.00 bits per heavy atom. The summed E-state index contributed by atoms with van der Waals surface area (Å²) < 4.78 is 45.1. The fraction of sp³-hybridized carbons (Fsp3) is 0. The summed E-state index contributed by atoms with van der Waals surface area (Å²) in [7, 11) is 0. The molecule has 0 fully saturated rings. The second-order valence-electron chi connectivity index (χ2n) is 4.04. The van der Waals surface area contributed by atoms with Gasteiger partial charge >= 0.3 is 5.97 Å². The molecule has 0 spiro atoms. The fourth-order valence-electron chi connectivity index (χ4n) is 1.54. The SMILES string of the molecule is O=C(O)C=Cc1ccc(Oc2cc(F)ccc2F)c(F)c1. The molecule has 0 bridgehead atoms. The largest absolute Gasteiger partial charge is 0.478 e. The Balaban J connectivity index is 2.25. The zero-order valence-corrected chi connectivity index (χ0v) is 10.5. The molecule has 0 unspecified atom stereocenters. The smallest absolute Gasteiger partial charge is 0.328 e. The lowest BCUT2D eigenvalue weighted by Gasteiger charge is -2.08. The van der Waals surface area contributed by atoms with Gasteiger partial charge in [0.25, 0.3) is 0 Å². The number of rotatable bonds is 4. The van der Waals surface area contributed by atoms with Crippen LogP contribution < -0.4 is 4.74 Å². The van der Waals surface area contributed by atoms with Crippen molar-refractivity contribution < 1.29 is 27.8 Å². The topological polar surface area (TPSA) is 46.5 Å². The zero-order chi connectivity index (χ0) is 15.4. The first-order valence-electron chi connectivity index (χ1n) is 5.79. The fourth-order valence-corrected chi connectivity index (χ4v) is 1.54. The Hall–Kier alpha value is -2.76.